The Hall–Kier alpha value is -3.90. The molecule has 12 heteroatoms. The summed E-state index contributed by atoms with van der Waals surface area (Å²) in [7, 11) is -3.96. The lowest BCUT2D eigenvalue weighted by molar-refractivity contribution is -0.138. The zero-order valence-electron chi connectivity index (χ0n) is 21.6. The van der Waals surface area contributed by atoms with Crippen molar-refractivity contribution in [3.8, 4) is 11.3 Å². The van der Waals surface area contributed by atoms with Crippen molar-refractivity contribution in [2.75, 3.05) is 13.1 Å². The van der Waals surface area contributed by atoms with Gasteiger partial charge in [-0.05, 0) is 43.0 Å². The quantitative estimate of drug-likeness (QED) is 0.449. The number of amides is 2. The maximum Gasteiger partial charge on any atom is 0.251 e. The molecule has 0 radical (unpaired) electrons. The first-order chi connectivity index (χ1) is 18.7. The minimum atomic E-state index is -3.96. The number of likely N-dealkylation sites (tertiary alicyclic amines) is 1. The van der Waals surface area contributed by atoms with E-state index >= 15 is 0 Å². The summed E-state index contributed by atoms with van der Waals surface area (Å²) in [6.45, 7) is 3.78. The molecule has 2 amide bonds. The number of ketones is 1. The average molecular weight is 552 g/mol. The van der Waals surface area contributed by atoms with Crippen LogP contribution in [0.5, 0.6) is 0 Å². The zero-order chi connectivity index (χ0) is 27.7. The van der Waals surface area contributed by atoms with E-state index in [1.54, 1.807) is 30.5 Å². The SMILES string of the molecule is CC(C)CC(NC(=O)c1ccc(-c2cnco2)cc1)C(=O)N1CCC2C1C(=O)CN2S(=O)(=O)c1cccnc1. The summed E-state index contributed by atoms with van der Waals surface area (Å²) >= 11 is 0. The third-order valence-corrected chi connectivity index (χ3v) is 8.93. The lowest BCUT2D eigenvalue weighted by Gasteiger charge is -2.29. The Balaban J connectivity index is 1.33. The third kappa shape index (κ3) is 5.21. The largest absolute Gasteiger partial charge is 0.444 e. The van der Waals surface area contributed by atoms with Crippen LogP contribution in [0.4, 0.5) is 0 Å². The molecule has 5 rings (SSSR count). The Morgan fingerprint density at radius 2 is 1.90 bits per heavy atom. The molecule has 0 aliphatic carbocycles. The van der Waals surface area contributed by atoms with Crippen LogP contribution in [0.3, 0.4) is 0 Å². The molecule has 11 nitrogen and oxygen atoms in total. The molecule has 2 aliphatic heterocycles. The normalized spacial score (nSPS) is 20.3. The number of sulfonamides is 1. The summed E-state index contributed by atoms with van der Waals surface area (Å²) in [5, 5.41) is 2.84. The molecule has 39 heavy (non-hydrogen) atoms. The number of aromatic nitrogens is 2. The Kier molecular flexibility index (Phi) is 7.32. The number of oxazole rings is 1. The topological polar surface area (TPSA) is 143 Å². The van der Waals surface area contributed by atoms with E-state index < -0.39 is 40.0 Å². The van der Waals surface area contributed by atoms with Gasteiger partial charge >= 0.3 is 0 Å². The van der Waals surface area contributed by atoms with Gasteiger partial charge < -0.3 is 14.6 Å². The van der Waals surface area contributed by atoms with Gasteiger partial charge in [0.15, 0.2) is 17.9 Å². The van der Waals surface area contributed by atoms with Crippen molar-refractivity contribution in [2.45, 2.75) is 49.7 Å². The van der Waals surface area contributed by atoms with Crippen molar-refractivity contribution in [2.24, 2.45) is 5.92 Å². The highest BCUT2D eigenvalue weighted by Gasteiger charge is 2.54. The number of benzene rings is 1. The fourth-order valence-electron chi connectivity index (χ4n) is 5.25. The minimum Gasteiger partial charge on any atom is -0.444 e. The molecule has 3 atom stereocenters. The molecular weight excluding hydrogens is 522 g/mol. The second kappa shape index (κ2) is 10.7. The molecule has 1 aromatic carbocycles. The van der Waals surface area contributed by atoms with Crippen LogP contribution < -0.4 is 5.32 Å². The van der Waals surface area contributed by atoms with E-state index in [4.69, 9.17) is 4.42 Å². The molecule has 3 aromatic rings. The van der Waals surface area contributed by atoms with Crippen molar-refractivity contribution in [3.05, 3.63) is 66.9 Å². The van der Waals surface area contributed by atoms with E-state index in [2.05, 4.69) is 15.3 Å². The Morgan fingerprint density at radius 1 is 1.13 bits per heavy atom. The molecule has 0 spiro atoms. The molecule has 2 aromatic heterocycles. The van der Waals surface area contributed by atoms with Crippen LogP contribution in [0, 0.1) is 5.92 Å². The molecule has 2 aliphatic rings. The first-order valence-corrected chi connectivity index (χ1v) is 14.2. The summed E-state index contributed by atoms with van der Waals surface area (Å²) < 4.78 is 32.9. The first-order valence-electron chi connectivity index (χ1n) is 12.7. The van der Waals surface area contributed by atoms with E-state index in [9.17, 15) is 22.8 Å². The predicted octanol–water partition coefficient (Wildman–Crippen LogP) is 2.12. The molecule has 2 saturated heterocycles. The Morgan fingerprint density at radius 3 is 2.54 bits per heavy atom. The molecule has 2 fully saturated rings. The number of carbonyl (C=O) groups is 3. The highest BCUT2D eigenvalue weighted by molar-refractivity contribution is 7.89. The standard InChI is InChI=1S/C27H29N5O6S/c1-17(2)12-21(30-26(34)19-7-5-18(6-8-19)24-14-29-16-38-24)27(35)31-11-9-22-25(31)23(33)15-32(22)39(36,37)20-4-3-10-28-13-20/h3-8,10,13-14,16-17,21-22,25H,9,11-12,15H2,1-2H3,(H,30,34). The van der Waals surface area contributed by atoms with Crippen LogP contribution in [0.25, 0.3) is 11.3 Å². The van der Waals surface area contributed by atoms with Gasteiger partial charge in [0.2, 0.25) is 15.9 Å². The van der Waals surface area contributed by atoms with Gasteiger partial charge in [-0.15, -0.1) is 0 Å². The van der Waals surface area contributed by atoms with Gasteiger partial charge in [0, 0.05) is 30.1 Å². The van der Waals surface area contributed by atoms with E-state index in [1.165, 1.54) is 40.1 Å². The summed E-state index contributed by atoms with van der Waals surface area (Å²) in [4.78, 5) is 49.1. The second-order valence-corrected chi connectivity index (χ2v) is 12.0. The van der Waals surface area contributed by atoms with E-state index in [0.717, 1.165) is 5.56 Å². The van der Waals surface area contributed by atoms with Crippen molar-refractivity contribution >= 4 is 27.6 Å². The number of hydrogen-bond acceptors (Lipinski definition) is 8. The molecule has 3 unspecified atom stereocenters. The highest BCUT2D eigenvalue weighted by Crippen LogP contribution is 2.34. The van der Waals surface area contributed by atoms with Gasteiger partial charge in [0.25, 0.3) is 5.91 Å². The van der Waals surface area contributed by atoms with Crippen LogP contribution in [0.1, 0.15) is 37.0 Å². The molecule has 204 valence electrons. The third-order valence-electron chi connectivity index (χ3n) is 7.08. The number of rotatable bonds is 8. The van der Waals surface area contributed by atoms with Gasteiger partial charge in [0.1, 0.15) is 17.0 Å². The van der Waals surface area contributed by atoms with Crippen LogP contribution in [-0.4, -0.2) is 76.4 Å². The summed E-state index contributed by atoms with van der Waals surface area (Å²) in [5.74, 6) is -0.507. The summed E-state index contributed by atoms with van der Waals surface area (Å²) in [6.07, 6.45) is 6.30. The van der Waals surface area contributed by atoms with Gasteiger partial charge in [-0.1, -0.05) is 26.0 Å². The smallest absolute Gasteiger partial charge is 0.251 e. The van der Waals surface area contributed by atoms with Crippen LogP contribution in [0.15, 0.2) is 70.7 Å². The zero-order valence-corrected chi connectivity index (χ0v) is 22.4. The van der Waals surface area contributed by atoms with Crippen molar-refractivity contribution in [1.82, 2.24) is 24.5 Å². The molecular formula is C27H29N5O6S. The Labute approximate surface area is 226 Å². The van der Waals surface area contributed by atoms with E-state index in [-0.39, 0.29) is 29.7 Å². The van der Waals surface area contributed by atoms with E-state index in [0.29, 0.717) is 24.2 Å². The first kappa shape index (κ1) is 26.7. The lowest BCUT2D eigenvalue weighted by Crippen LogP contribution is -2.53. The number of fused-ring (bicyclic) bond motifs is 1. The van der Waals surface area contributed by atoms with Gasteiger partial charge in [-0.2, -0.15) is 4.31 Å². The van der Waals surface area contributed by atoms with E-state index in [1.807, 2.05) is 13.8 Å². The number of nitrogens with one attached hydrogen (secondary N) is 1. The lowest BCUT2D eigenvalue weighted by atomic mass is 10.0. The predicted molar refractivity (Wildman–Crippen MR) is 140 cm³/mol. The van der Waals surface area contributed by atoms with Crippen molar-refractivity contribution < 1.29 is 27.2 Å². The number of nitrogens with zero attached hydrogens (tertiary/aromatic N) is 4. The summed E-state index contributed by atoms with van der Waals surface area (Å²) in [6, 6.07) is 7.26. The number of Topliss-reactive ketones (excluding diaryl/α,β-unsaturated/α-hetero) is 1. The molecule has 0 bridgehead atoms. The highest BCUT2D eigenvalue weighted by atomic mass is 32.2. The van der Waals surface area contributed by atoms with Crippen molar-refractivity contribution in [3.63, 3.8) is 0 Å². The molecule has 0 saturated carbocycles. The summed E-state index contributed by atoms with van der Waals surface area (Å²) in [5.41, 5.74) is 1.12. The van der Waals surface area contributed by atoms with Crippen molar-refractivity contribution in [1.29, 1.82) is 0 Å². The average Bonchev–Trinajstić information content (AvgIpc) is 3.67. The number of carbonyl (C=O) groups excluding carboxylic acids is 3. The second-order valence-electron chi connectivity index (χ2n) is 10.1. The Bertz CT molecular complexity index is 1460. The van der Waals surface area contributed by atoms with Gasteiger partial charge in [-0.3, -0.25) is 19.4 Å². The number of pyridine rings is 1. The number of hydrogen-bond donors (Lipinski definition) is 1. The fraction of sp³-hybridized carbons (Fsp3) is 0.370. The maximum atomic E-state index is 13.7. The molecule has 1 N–H and O–H groups in total. The van der Waals surface area contributed by atoms with Gasteiger partial charge in [0.05, 0.1) is 18.8 Å². The maximum absolute atomic E-state index is 13.7. The van der Waals surface area contributed by atoms with Crippen LogP contribution in [0.2, 0.25) is 0 Å². The minimum absolute atomic E-state index is 0.00232. The monoisotopic (exact) mass is 551 g/mol. The van der Waals surface area contributed by atoms with Gasteiger partial charge in [-0.25, -0.2) is 13.4 Å². The molecule has 4 heterocycles. The van der Waals surface area contributed by atoms with Crippen LogP contribution in [-0.2, 0) is 19.6 Å². The fourth-order valence-corrected chi connectivity index (χ4v) is 6.84. The van der Waals surface area contributed by atoms with Crippen LogP contribution >= 0.6 is 0 Å².